The number of hydrogen-bond acceptors (Lipinski definition) is 5. The number of nitrogens with zero attached hydrogens (tertiary/aromatic N) is 2. The molecule has 6 heteroatoms. The molecular weight excluding hydrogens is 450 g/mol. The highest BCUT2D eigenvalue weighted by molar-refractivity contribution is 5.78. The lowest BCUT2D eigenvalue weighted by atomic mass is 10.0. The number of β-amino-alcohol motifs (C(OH)–C–C–N with tert-alkyl or cyclic N) is 1. The molecule has 0 aromatic heterocycles. The molecule has 0 bridgehead atoms. The number of carbonyl (C=O) groups excluding carboxylic acids is 1. The minimum absolute atomic E-state index is 0.0841. The first-order valence-electron chi connectivity index (χ1n) is 12.7. The maximum absolute atomic E-state index is 12.7. The molecule has 2 atom stereocenters. The van der Waals surface area contributed by atoms with Gasteiger partial charge in [-0.3, -0.25) is 14.6 Å². The van der Waals surface area contributed by atoms with Crippen molar-refractivity contribution in [2.45, 2.75) is 32.0 Å². The van der Waals surface area contributed by atoms with Crippen molar-refractivity contribution in [3.63, 3.8) is 0 Å². The van der Waals surface area contributed by atoms with E-state index in [4.69, 9.17) is 4.74 Å². The molecule has 3 aromatic rings. The summed E-state index contributed by atoms with van der Waals surface area (Å²) in [7, 11) is 0. The van der Waals surface area contributed by atoms with Gasteiger partial charge in [-0.05, 0) is 36.6 Å². The Bertz CT molecular complexity index is 1050. The fraction of sp³-hybridized carbons (Fsp3) is 0.367. The van der Waals surface area contributed by atoms with Gasteiger partial charge in [-0.2, -0.15) is 0 Å². The lowest BCUT2D eigenvalue weighted by Crippen LogP contribution is -2.54. The zero-order valence-electron chi connectivity index (χ0n) is 21.1. The van der Waals surface area contributed by atoms with Crippen LogP contribution in [0.25, 0.3) is 0 Å². The third kappa shape index (κ3) is 8.19. The Morgan fingerprint density at radius 1 is 0.861 bits per heavy atom. The van der Waals surface area contributed by atoms with Gasteiger partial charge in [0.2, 0.25) is 0 Å². The summed E-state index contributed by atoms with van der Waals surface area (Å²) in [5.74, 6) is 0.424. The Kier molecular flexibility index (Phi) is 9.50. The van der Waals surface area contributed by atoms with Gasteiger partial charge >= 0.3 is 0 Å². The Balaban J connectivity index is 1.30. The van der Waals surface area contributed by atoms with Crippen LogP contribution in [-0.4, -0.2) is 72.3 Å². The Morgan fingerprint density at radius 2 is 1.44 bits per heavy atom. The van der Waals surface area contributed by atoms with E-state index in [1.807, 2.05) is 67.6 Å². The molecule has 3 aromatic carbocycles. The number of rotatable bonds is 11. The van der Waals surface area contributed by atoms with Crippen LogP contribution in [-0.2, 0) is 17.8 Å². The van der Waals surface area contributed by atoms with E-state index in [1.165, 1.54) is 5.56 Å². The number of amides is 1. The monoisotopic (exact) mass is 487 g/mol. The zero-order valence-corrected chi connectivity index (χ0v) is 21.1. The van der Waals surface area contributed by atoms with E-state index in [0.717, 1.165) is 43.9 Å². The van der Waals surface area contributed by atoms with E-state index in [-0.39, 0.29) is 12.5 Å². The van der Waals surface area contributed by atoms with Crippen molar-refractivity contribution in [2.24, 2.45) is 0 Å². The second-order valence-electron chi connectivity index (χ2n) is 9.60. The zero-order chi connectivity index (χ0) is 25.2. The van der Waals surface area contributed by atoms with Crippen molar-refractivity contribution in [1.29, 1.82) is 0 Å². The van der Waals surface area contributed by atoms with Crippen LogP contribution in [0, 0.1) is 6.92 Å². The molecule has 0 unspecified atom stereocenters. The van der Waals surface area contributed by atoms with Crippen LogP contribution in [0.4, 0.5) is 0 Å². The molecular formula is C30H37N3O3. The minimum Gasteiger partial charge on any atom is -0.484 e. The van der Waals surface area contributed by atoms with Gasteiger partial charge in [0.15, 0.2) is 6.61 Å². The third-order valence-electron chi connectivity index (χ3n) is 6.66. The topological polar surface area (TPSA) is 65.0 Å². The van der Waals surface area contributed by atoms with Crippen molar-refractivity contribution in [1.82, 2.24) is 15.1 Å². The number of piperazine rings is 1. The van der Waals surface area contributed by atoms with Gasteiger partial charge in [0, 0.05) is 39.3 Å². The van der Waals surface area contributed by atoms with Gasteiger partial charge in [0.1, 0.15) is 5.75 Å². The van der Waals surface area contributed by atoms with Gasteiger partial charge in [0.25, 0.3) is 5.91 Å². The first-order chi connectivity index (χ1) is 17.5. The molecule has 0 radical (unpaired) electrons. The first-order valence-corrected chi connectivity index (χ1v) is 12.7. The standard InChI is InChI=1S/C30H37N3O3/c1-24-12-14-27(15-13-24)36-23-30(35)31-28(20-25-8-4-2-5-9-25)29(34)22-33-18-16-32(17-19-33)21-26-10-6-3-7-11-26/h2-15,28-29,34H,16-23H2,1H3,(H,31,35)/t28-,29-/m0/s1. The lowest BCUT2D eigenvalue weighted by Gasteiger charge is -2.37. The van der Waals surface area contributed by atoms with E-state index in [0.29, 0.717) is 18.7 Å². The smallest absolute Gasteiger partial charge is 0.258 e. The van der Waals surface area contributed by atoms with Crippen molar-refractivity contribution in [3.8, 4) is 5.75 Å². The van der Waals surface area contributed by atoms with Crippen LogP contribution in [0.3, 0.4) is 0 Å². The summed E-state index contributed by atoms with van der Waals surface area (Å²) in [6.45, 7) is 7.11. The lowest BCUT2D eigenvalue weighted by molar-refractivity contribution is -0.124. The Morgan fingerprint density at radius 3 is 2.08 bits per heavy atom. The molecule has 1 fully saturated rings. The first kappa shape index (κ1) is 25.9. The number of carbonyl (C=O) groups is 1. The quantitative estimate of drug-likeness (QED) is 0.435. The number of aliphatic hydroxyl groups excluding tert-OH is 1. The average molecular weight is 488 g/mol. The predicted molar refractivity (Wildman–Crippen MR) is 143 cm³/mol. The normalized spacial score (nSPS) is 16.3. The van der Waals surface area contributed by atoms with E-state index < -0.39 is 12.1 Å². The summed E-state index contributed by atoms with van der Waals surface area (Å²) in [6.07, 6.45) is -0.124. The molecule has 190 valence electrons. The summed E-state index contributed by atoms with van der Waals surface area (Å²) in [6, 6.07) is 27.7. The number of benzene rings is 3. The largest absolute Gasteiger partial charge is 0.484 e. The Labute approximate surface area is 214 Å². The maximum atomic E-state index is 12.7. The van der Waals surface area contributed by atoms with E-state index in [1.54, 1.807) is 0 Å². The fourth-order valence-electron chi connectivity index (χ4n) is 4.55. The number of hydrogen-bond donors (Lipinski definition) is 2. The molecule has 2 N–H and O–H groups in total. The molecule has 4 rings (SSSR count). The van der Waals surface area contributed by atoms with Crippen molar-refractivity contribution in [2.75, 3.05) is 39.3 Å². The molecule has 36 heavy (non-hydrogen) atoms. The van der Waals surface area contributed by atoms with Crippen molar-refractivity contribution >= 4 is 5.91 Å². The van der Waals surface area contributed by atoms with Crippen LogP contribution >= 0.6 is 0 Å². The molecule has 6 nitrogen and oxygen atoms in total. The molecule has 1 saturated heterocycles. The van der Waals surface area contributed by atoms with E-state index in [9.17, 15) is 9.90 Å². The SMILES string of the molecule is Cc1ccc(OCC(=O)N[C@@H](Cc2ccccc2)[C@@H](O)CN2CCN(Cc3ccccc3)CC2)cc1. The van der Waals surface area contributed by atoms with Crippen molar-refractivity contribution < 1.29 is 14.6 Å². The van der Waals surface area contributed by atoms with Crippen LogP contribution < -0.4 is 10.1 Å². The van der Waals surface area contributed by atoms with E-state index >= 15 is 0 Å². The van der Waals surface area contributed by atoms with Gasteiger partial charge in [-0.1, -0.05) is 78.4 Å². The number of ether oxygens (including phenoxy) is 1. The second kappa shape index (κ2) is 13.2. The highest BCUT2D eigenvalue weighted by Crippen LogP contribution is 2.13. The third-order valence-corrected chi connectivity index (χ3v) is 6.66. The van der Waals surface area contributed by atoms with Crippen LogP contribution in [0.1, 0.15) is 16.7 Å². The molecule has 0 saturated carbocycles. The van der Waals surface area contributed by atoms with Crippen LogP contribution in [0.15, 0.2) is 84.9 Å². The fourth-order valence-corrected chi connectivity index (χ4v) is 4.55. The van der Waals surface area contributed by atoms with Gasteiger partial charge in [0.05, 0.1) is 12.1 Å². The van der Waals surface area contributed by atoms with Gasteiger partial charge in [-0.25, -0.2) is 0 Å². The predicted octanol–water partition coefficient (Wildman–Crippen LogP) is 3.28. The average Bonchev–Trinajstić information content (AvgIpc) is 2.90. The van der Waals surface area contributed by atoms with Crippen LogP contribution in [0.5, 0.6) is 5.75 Å². The summed E-state index contributed by atoms with van der Waals surface area (Å²) in [5.41, 5.74) is 3.54. The highest BCUT2D eigenvalue weighted by Gasteiger charge is 2.26. The van der Waals surface area contributed by atoms with Gasteiger partial charge in [-0.15, -0.1) is 0 Å². The highest BCUT2D eigenvalue weighted by atomic mass is 16.5. The molecule has 0 aliphatic carbocycles. The minimum atomic E-state index is -0.686. The van der Waals surface area contributed by atoms with Gasteiger partial charge < -0.3 is 15.2 Å². The molecule has 1 aliphatic rings. The molecule has 1 heterocycles. The second-order valence-corrected chi connectivity index (χ2v) is 9.60. The molecule has 1 aliphatic heterocycles. The summed E-state index contributed by atoms with van der Waals surface area (Å²) >= 11 is 0. The Hall–Kier alpha value is -3.19. The van der Waals surface area contributed by atoms with E-state index in [2.05, 4.69) is 39.4 Å². The number of aliphatic hydroxyl groups is 1. The molecule has 0 spiro atoms. The summed E-state index contributed by atoms with van der Waals surface area (Å²) < 4.78 is 5.65. The summed E-state index contributed by atoms with van der Waals surface area (Å²) in [5, 5.41) is 14.2. The number of nitrogens with one attached hydrogen (secondary N) is 1. The molecule has 1 amide bonds. The maximum Gasteiger partial charge on any atom is 0.258 e. The van der Waals surface area contributed by atoms with Crippen LogP contribution in [0.2, 0.25) is 0 Å². The van der Waals surface area contributed by atoms with Crippen molar-refractivity contribution in [3.05, 3.63) is 102 Å². The number of aryl methyl sites for hydroxylation is 1. The summed E-state index contributed by atoms with van der Waals surface area (Å²) in [4.78, 5) is 17.5.